The van der Waals surface area contributed by atoms with E-state index in [9.17, 15) is 0 Å². The second-order valence-corrected chi connectivity index (χ2v) is 3.64. The predicted molar refractivity (Wildman–Crippen MR) is 68.5 cm³/mol. The summed E-state index contributed by atoms with van der Waals surface area (Å²) in [5.41, 5.74) is 6.58. The lowest BCUT2D eigenvalue weighted by atomic mass is 10.3. The van der Waals surface area contributed by atoms with Crippen molar-refractivity contribution in [3.8, 4) is 0 Å². The Kier molecular flexibility index (Phi) is 3.28. The van der Waals surface area contributed by atoms with Crippen molar-refractivity contribution in [3.05, 3.63) is 18.0 Å². The summed E-state index contributed by atoms with van der Waals surface area (Å²) in [5, 5.41) is 16.4. The predicted octanol–water partition coefficient (Wildman–Crippen LogP) is 1.40. The third-order valence-electron chi connectivity index (χ3n) is 2.08. The fourth-order valence-electron chi connectivity index (χ4n) is 1.33. The number of nitrogens with one attached hydrogen (secondary N) is 3. The van der Waals surface area contributed by atoms with Crippen LogP contribution in [-0.2, 0) is 0 Å². The van der Waals surface area contributed by atoms with E-state index in [2.05, 4.69) is 30.3 Å². The second kappa shape index (κ2) is 4.88. The van der Waals surface area contributed by atoms with Gasteiger partial charge in [-0.3, -0.25) is 5.41 Å². The van der Waals surface area contributed by atoms with Crippen molar-refractivity contribution in [2.75, 3.05) is 23.4 Å². The molecule has 9 heteroatoms. The summed E-state index contributed by atoms with van der Waals surface area (Å²) in [6.45, 7) is 0. The van der Waals surface area contributed by atoms with Crippen molar-refractivity contribution >= 4 is 40.0 Å². The standard InChI is InChI=1S/C9H10ClN7O/c1-13-8-5(6(10)11)7(12)16-9(17-8)15-4-2-14-18-3-4/h2-3,11H,1H3,(H4,12,13,15,16,17). The highest BCUT2D eigenvalue weighted by Gasteiger charge is 2.15. The molecule has 0 aromatic carbocycles. The molecule has 0 aliphatic heterocycles. The van der Waals surface area contributed by atoms with E-state index in [4.69, 9.17) is 22.7 Å². The van der Waals surface area contributed by atoms with Crippen molar-refractivity contribution in [3.63, 3.8) is 0 Å². The molecule has 0 atom stereocenters. The first-order valence-electron chi connectivity index (χ1n) is 4.88. The molecule has 0 unspecified atom stereocenters. The van der Waals surface area contributed by atoms with E-state index in [1.165, 1.54) is 12.5 Å². The van der Waals surface area contributed by atoms with E-state index in [1.807, 2.05) is 0 Å². The SMILES string of the molecule is CNc1nc(Nc2cnoc2)nc(N)c1C(=N)Cl. The largest absolute Gasteiger partial charge is 0.383 e. The molecule has 0 radical (unpaired) electrons. The zero-order valence-electron chi connectivity index (χ0n) is 9.36. The van der Waals surface area contributed by atoms with Crippen LogP contribution in [0.5, 0.6) is 0 Å². The first kappa shape index (κ1) is 12.1. The van der Waals surface area contributed by atoms with Gasteiger partial charge in [-0.1, -0.05) is 16.8 Å². The van der Waals surface area contributed by atoms with Crippen molar-refractivity contribution in [2.24, 2.45) is 0 Å². The van der Waals surface area contributed by atoms with E-state index in [1.54, 1.807) is 7.05 Å². The van der Waals surface area contributed by atoms with Crippen molar-refractivity contribution < 1.29 is 4.52 Å². The van der Waals surface area contributed by atoms with Crippen LogP contribution < -0.4 is 16.4 Å². The quantitative estimate of drug-likeness (QED) is 0.617. The van der Waals surface area contributed by atoms with Crippen LogP contribution in [0.25, 0.3) is 0 Å². The van der Waals surface area contributed by atoms with Crippen molar-refractivity contribution in [1.82, 2.24) is 15.1 Å². The maximum Gasteiger partial charge on any atom is 0.231 e. The summed E-state index contributed by atoms with van der Waals surface area (Å²) in [4.78, 5) is 8.14. The van der Waals surface area contributed by atoms with Gasteiger partial charge < -0.3 is 20.9 Å². The number of rotatable bonds is 4. The second-order valence-electron chi connectivity index (χ2n) is 3.26. The molecule has 0 aliphatic carbocycles. The molecular formula is C9H10ClN7O. The number of halogens is 1. The smallest absolute Gasteiger partial charge is 0.231 e. The molecule has 0 spiro atoms. The number of anilines is 4. The minimum atomic E-state index is -0.228. The summed E-state index contributed by atoms with van der Waals surface area (Å²) in [6, 6.07) is 0. The average Bonchev–Trinajstić information content (AvgIpc) is 2.80. The zero-order valence-corrected chi connectivity index (χ0v) is 10.1. The number of nitrogens with zero attached hydrogens (tertiary/aromatic N) is 3. The van der Waals surface area contributed by atoms with Gasteiger partial charge in [-0.25, -0.2) is 0 Å². The Hall–Kier alpha value is -2.35. The van der Waals surface area contributed by atoms with Gasteiger partial charge >= 0.3 is 0 Å². The third-order valence-corrected chi connectivity index (χ3v) is 2.27. The lowest BCUT2D eigenvalue weighted by molar-refractivity contribution is 0.420. The molecule has 2 aromatic rings. The Morgan fingerprint density at radius 1 is 1.50 bits per heavy atom. The van der Waals surface area contributed by atoms with E-state index in [-0.39, 0.29) is 22.5 Å². The molecule has 2 aromatic heterocycles. The van der Waals surface area contributed by atoms with Crippen molar-refractivity contribution in [2.45, 2.75) is 0 Å². The van der Waals surface area contributed by atoms with Gasteiger partial charge in [0.25, 0.3) is 0 Å². The fraction of sp³-hybridized carbons (Fsp3) is 0.111. The van der Waals surface area contributed by atoms with Gasteiger partial charge in [0.1, 0.15) is 28.8 Å². The minimum absolute atomic E-state index is 0.105. The Labute approximate surface area is 107 Å². The van der Waals surface area contributed by atoms with Gasteiger partial charge in [-0.15, -0.1) is 0 Å². The Morgan fingerprint density at radius 2 is 2.28 bits per heavy atom. The minimum Gasteiger partial charge on any atom is -0.383 e. The molecule has 8 nitrogen and oxygen atoms in total. The van der Waals surface area contributed by atoms with Gasteiger partial charge in [0, 0.05) is 7.05 Å². The lowest BCUT2D eigenvalue weighted by Crippen LogP contribution is -2.10. The summed E-state index contributed by atoms with van der Waals surface area (Å²) < 4.78 is 4.67. The van der Waals surface area contributed by atoms with E-state index in [0.717, 1.165) is 0 Å². The molecule has 18 heavy (non-hydrogen) atoms. The van der Waals surface area contributed by atoms with Gasteiger partial charge in [0.05, 0.1) is 11.8 Å². The number of hydrogen-bond donors (Lipinski definition) is 4. The molecule has 5 N–H and O–H groups in total. The molecule has 0 fully saturated rings. The lowest BCUT2D eigenvalue weighted by Gasteiger charge is -2.10. The van der Waals surface area contributed by atoms with Crippen molar-refractivity contribution in [1.29, 1.82) is 5.41 Å². The summed E-state index contributed by atoms with van der Waals surface area (Å²) >= 11 is 5.63. The van der Waals surface area contributed by atoms with Gasteiger partial charge in [-0.05, 0) is 0 Å². The monoisotopic (exact) mass is 267 g/mol. The highest BCUT2D eigenvalue weighted by molar-refractivity contribution is 6.69. The van der Waals surface area contributed by atoms with Crippen LogP contribution in [0.4, 0.5) is 23.3 Å². The number of hydrogen-bond acceptors (Lipinski definition) is 8. The molecule has 0 amide bonds. The Balaban J connectivity index is 2.39. The van der Waals surface area contributed by atoms with Crippen LogP contribution in [0.2, 0.25) is 0 Å². The van der Waals surface area contributed by atoms with E-state index < -0.39 is 0 Å². The maximum absolute atomic E-state index is 7.41. The number of aromatic nitrogens is 3. The first-order chi connectivity index (χ1) is 8.61. The summed E-state index contributed by atoms with van der Waals surface area (Å²) in [6.07, 6.45) is 2.87. The maximum atomic E-state index is 7.41. The van der Waals surface area contributed by atoms with Gasteiger partial charge in [0.2, 0.25) is 5.95 Å². The van der Waals surface area contributed by atoms with Gasteiger partial charge in [0.15, 0.2) is 0 Å². The highest BCUT2D eigenvalue weighted by Crippen LogP contribution is 2.23. The molecule has 94 valence electrons. The van der Waals surface area contributed by atoms with Crippen LogP contribution in [-0.4, -0.2) is 27.3 Å². The van der Waals surface area contributed by atoms with E-state index in [0.29, 0.717) is 11.5 Å². The molecule has 0 aliphatic rings. The normalized spacial score (nSPS) is 10.1. The van der Waals surface area contributed by atoms with Crippen LogP contribution in [0.15, 0.2) is 17.0 Å². The summed E-state index contributed by atoms with van der Waals surface area (Å²) in [5.74, 6) is 0.719. The molecular weight excluding hydrogens is 258 g/mol. The number of nitrogen functional groups attached to an aromatic ring is 1. The fourth-order valence-corrected chi connectivity index (χ4v) is 1.51. The Morgan fingerprint density at radius 3 is 2.83 bits per heavy atom. The van der Waals surface area contributed by atoms with Crippen LogP contribution >= 0.6 is 11.6 Å². The topological polar surface area (TPSA) is 126 Å². The van der Waals surface area contributed by atoms with E-state index >= 15 is 0 Å². The molecule has 2 heterocycles. The Bertz CT molecular complexity index is 569. The molecule has 2 rings (SSSR count). The number of nitrogens with two attached hydrogens (primary N) is 1. The van der Waals surface area contributed by atoms with Crippen LogP contribution in [0, 0.1) is 5.41 Å². The van der Waals surface area contributed by atoms with Gasteiger partial charge in [-0.2, -0.15) is 9.97 Å². The van der Waals surface area contributed by atoms with Crippen LogP contribution in [0.1, 0.15) is 5.56 Å². The first-order valence-corrected chi connectivity index (χ1v) is 5.25. The van der Waals surface area contributed by atoms with Crippen LogP contribution in [0.3, 0.4) is 0 Å². The zero-order chi connectivity index (χ0) is 13.1. The molecule has 0 saturated carbocycles. The molecule has 0 saturated heterocycles. The average molecular weight is 268 g/mol. The highest BCUT2D eigenvalue weighted by atomic mass is 35.5. The summed E-state index contributed by atoms with van der Waals surface area (Å²) in [7, 11) is 1.65. The molecule has 0 bridgehead atoms. The third kappa shape index (κ3) is 2.33.